The Hall–Kier alpha value is -8.03. The fraction of sp³-hybridized carbons (Fsp3) is 0.569. The first-order chi connectivity index (χ1) is 42.1. The predicted octanol–water partition coefficient (Wildman–Crippen LogP) is -3.25. The van der Waals surface area contributed by atoms with Crippen molar-refractivity contribution in [1.29, 1.82) is 0 Å². The second kappa shape index (κ2) is 38.4. The summed E-state index contributed by atoms with van der Waals surface area (Å²) in [5.41, 5.74) is 24.4. The van der Waals surface area contributed by atoms with Crippen LogP contribution < -0.4 is 70.8 Å². The number of hydrogen-bond acceptors (Lipinski definition) is 17. The molecule has 1 aliphatic heterocycles. The van der Waals surface area contributed by atoms with Crippen molar-refractivity contribution in [3.8, 4) is 0 Å². The molecule has 0 aliphatic carbocycles. The maximum absolute atomic E-state index is 14.4. The second-order valence-corrected chi connectivity index (χ2v) is 23.9. The second-order valence-electron chi connectivity index (χ2n) is 21.9. The van der Waals surface area contributed by atoms with Crippen molar-refractivity contribution in [1.82, 2.24) is 52.8 Å². The Morgan fingerprint density at radius 3 is 1.55 bits per heavy atom. The molecule has 0 bridgehead atoms. The molecule has 1 saturated heterocycles. The van der Waals surface area contributed by atoms with E-state index < -0.39 is 156 Å². The molecule has 0 unspecified atom stereocenters. The van der Waals surface area contributed by atoms with E-state index in [4.69, 9.17) is 28.0 Å². The fourth-order valence-electron chi connectivity index (χ4n) is 9.28. The van der Waals surface area contributed by atoms with Crippen molar-refractivity contribution in [2.45, 2.75) is 165 Å². The SMILES string of the molecule is CSCC[C@H](NC(=O)[C@H](CCCN=C(N)N)NC(=O)[C@H](Cc1ccccc1)NC(=O)[C@@H](N)Cc1ccccc1)C(=O)N[C@H](C(=O)N[C@@H](CCSC)C(=O)N[C@H](C(=O)N[C@@H](CC(N)=O)C(=O)N1CCC[C@H]1C(=O)N[C@@H](C)C(=O)N[C@@H](C)C(=O)O)[C@@H](C)O)C(C)C. The number of guanidine groups is 1. The van der Waals surface area contributed by atoms with Crippen LogP contribution in [-0.4, -0.2) is 202 Å². The van der Waals surface area contributed by atoms with Gasteiger partial charge in [-0.15, -0.1) is 0 Å². The minimum absolute atomic E-state index is 0.0178. The number of carboxylic acids is 1. The lowest BCUT2D eigenvalue weighted by Gasteiger charge is -2.31. The normalized spacial score (nSPS) is 16.5. The van der Waals surface area contributed by atoms with Crippen molar-refractivity contribution in [3.63, 3.8) is 0 Å². The molecule has 1 fully saturated rings. The van der Waals surface area contributed by atoms with Crippen molar-refractivity contribution >= 4 is 100 Å². The summed E-state index contributed by atoms with van der Waals surface area (Å²) < 4.78 is 0. The lowest BCUT2D eigenvalue weighted by Crippen LogP contribution is -2.62. The molecular weight excluding hydrogens is 1190 g/mol. The molecular formula is C58H89N15O14S2. The summed E-state index contributed by atoms with van der Waals surface area (Å²) in [5.74, 6) is -11.0. The van der Waals surface area contributed by atoms with Gasteiger partial charge in [-0.25, -0.2) is 0 Å². The number of aliphatic hydroxyl groups is 1. The van der Waals surface area contributed by atoms with Crippen LogP contribution in [0, 0.1) is 5.92 Å². The molecule has 11 amide bonds. The van der Waals surface area contributed by atoms with Crippen LogP contribution in [-0.2, 0) is 70.4 Å². The Labute approximate surface area is 526 Å². The maximum Gasteiger partial charge on any atom is 0.325 e. The zero-order chi connectivity index (χ0) is 66.5. The molecule has 0 aromatic heterocycles. The predicted molar refractivity (Wildman–Crippen MR) is 336 cm³/mol. The van der Waals surface area contributed by atoms with Crippen LogP contribution in [0.5, 0.6) is 0 Å². The van der Waals surface area contributed by atoms with Crippen LogP contribution in [0.15, 0.2) is 65.7 Å². The number of aliphatic imine (C=N–C) groups is 1. The highest BCUT2D eigenvalue weighted by atomic mass is 32.2. The Morgan fingerprint density at radius 2 is 1.04 bits per heavy atom. The number of likely N-dealkylation sites (tertiary alicyclic amines) is 1. The summed E-state index contributed by atoms with van der Waals surface area (Å²) in [7, 11) is 0. The number of nitrogens with two attached hydrogens (primary N) is 4. The number of carbonyl (C=O) groups is 12. The van der Waals surface area contributed by atoms with E-state index in [0.29, 0.717) is 17.7 Å². The van der Waals surface area contributed by atoms with Gasteiger partial charge in [0.15, 0.2) is 5.96 Å². The van der Waals surface area contributed by atoms with Crippen LogP contribution in [0.3, 0.4) is 0 Å². The first-order valence-electron chi connectivity index (χ1n) is 29.2. The highest BCUT2D eigenvalue weighted by Crippen LogP contribution is 2.20. The van der Waals surface area contributed by atoms with Gasteiger partial charge in [0.05, 0.1) is 18.6 Å². The summed E-state index contributed by atoms with van der Waals surface area (Å²) in [4.78, 5) is 168. The number of rotatable bonds is 38. The van der Waals surface area contributed by atoms with E-state index in [1.807, 2.05) is 30.3 Å². The van der Waals surface area contributed by atoms with Gasteiger partial charge >= 0.3 is 5.97 Å². The number of hydrogen-bond donors (Lipinski definition) is 15. The molecule has 31 heteroatoms. The molecule has 0 spiro atoms. The smallest absolute Gasteiger partial charge is 0.325 e. The standard InChI is InChI=1S/C58H89N15O14S2/c1-31(2)45(54(83)68-40(23-27-89-7)51(80)72-46(34(5)74)55(84)70-42(30-44(60)75)56(85)73-25-15-21-43(73)53(82)64-32(3)47(76)65-33(4)57(86)87)71-50(79)39(22-26-88-6)67-49(78)38(20-14-24-63-58(61)62)66-52(81)41(29-36-18-12-9-13-19-36)69-48(77)37(59)28-35-16-10-8-11-17-35/h8-13,16-19,31-34,37-43,45-46,74H,14-15,20-30,59H2,1-7H3,(H2,60,75)(H,64,82)(H,65,76)(H,66,81)(H,67,78)(H,68,83)(H,69,77)(H,70,84)(H,71,79)(H,72,80)(H,86,87)(H4,61,62,63)/t32-,33-,34+,37-,38-,39-,40-,41-,42-,43-,45-,46-/m0/s1. The topological polar surface area (TPSA) is 473 Å². The summed E-state index contributed by atoms with van der Waals surface area (Å²) >= 11 is 2.67. The summed E-state index contributed by atoms with van der Waals surface area (Å²) in [6, 6.07) is 3.09. The van der Waals surface area contributed by atoms with Crippen LogP contribution in [0.1, 0.15) is 90.7 Å². The zero-order valence-corrected chi connectivity index (χ0v) is 52.9. The summed E-state index contributed by atoms with van der Waals surface area (Å²) in [6.07, 6.45) is 1.83. The van der Waals surface area contributed by atoms with E-state index in [9.17, 15) is 62.6 Å². The van der Waals surface area contributed by atoms with Crippen molar-refractivity contribution in [3.05, 3.63) is 71.8 Å². The number of amides is 11. The van der Waals surface area contributed by atoms with Gasteiger partial charge in [-0.1, -0.05) is 74.5 Å². The quantitative estimate of drug-likeness (QED) is 0.0178. The van der Waals surface area contributed by atoms with E-state index >= 15 is 0 Å². The van der Waals surface area contributed by atoms with E-state index in [1.54, 1.807) is 56.7 Å². The Bertz CT molecular complexity index is 2760. The number of carboxylic acid groups (broad SMARTS) is 1. The number of aliphatic hydroxyl groups excluding tert-OH is 1. The average Bonchev–Trinajstić information content (AvgIpc) is 4.27. The van der Waals surface area contributed by atoms with E-state index in [-0.39, 0.29) is 69.7 Å². The Morgan fingerprint density at radius 1 is 0.573 bits per heavy atom. The summed E-state index contributed by atoms with van der Waals surface area (Å²) in [5, 5.41) is 43.1. The number of nitrogens with one attached hydrogen (secondary N) is 9. The van der Waals surface area contributed by atoms with Crippen LogP contribution >= 0.6 is 23.5 Å². The zero-order valence-electron chi connectivity index (χ0n) is 51.3. The molecule has 0 saturated carbocycles. The van der Waals surface area contributed by atoms with Crippen molar-refractivity contribution < 1.29 is 67.7 Å². The number of aliphatic carboxylic acids is 1. The Kier molecular flexibility index (Phi) is 32.5. The van der Waals surface area contributed by atoms with Gasteiger partial charge in [-0.2, -0.15) is 23.5 Å². The molecule has 19 N–H and O–H groups in total. The lowest BCUT2D eigenvalue weighted by atomic mass is 10.0. The summed E-state index contributed by atoms with van der Waals surface area (Å²) in [6.45, 7) is 6.98. The minimum atomic E-state index is -1.82. The lowest BCUT2D eigenvalue weighted by molar-refractivity contribution is -0.144. The van der Waals surface area contributed by atoms with Crippen molar-refractivity contribution in [2.75, 3.05) is 37.1 Å². The third kappa shape index (κ3) is 25.9. The molecule has 12 atom stereocenters. The van der Waals surface area contributed by atoms with Crippen LogP contribution in [0.2, 0.25) is 0 Å². The van der Waals surface area contributed by atoms with Gasteiger partial charge < -0.3 is 85.9 Å². The maximum atomic E-state index is 14.4. The molecule has 1 aliphatic rings. The first kappa shape index (κ1) is 75.2. The average molecular weight is 1280 g/mol. The van der Waals surface area contributed by atoms with Gasteiger partial charge in [-0.05, 0) is 107 Å². The van der Waals surface area contributed by atoms with Gasteiger partial charge in [0.2, 0.25) is 65.0 Å². The largest absolute Gasteiger partial charge is 0.480 e. The highest BCUT2D eigenvalue weighted by Gasteiger charge is 2.41. The molecule has 492 valence electrons. The molecule has 3 rings (SSSR count). The number of primary amides is 1. The highest BCUT2D eigenvalue weighted by molar-refractivity contribution is 7.98. The van der Waals surface area contributed by atoms with Gasteiger partial charge in [0, 0.05) is 19.5 Å². The monoisotopic (exact) mass is 1280 g/mol. The third-order valence-electron chi connectivity index (χ3n) is 14.3. The molecule has 29 nitrogen and oxygen atoms in total. The molecule has 89 heavy (non-hydrogen) atoms. The van der Waals surface area contributed by atoms with E-state index in [2.05, 4.69) is 52.8 Å². The van der Waals surface area contributed by atoms with E-state index in [0.717, 1.165) is 17.4 Å². The van der Waals surface area contributed by atoms with Crippen molar-refractivity contribution in [2.24, 2.45) is 33.8 Å². The molecule has 2 aromatic rings. The third-order valence-corrected chi connectivity index (χ3v) is 15.6. The van der Waals surface area contributed by atoms with Gasteiger partial charge in [0.25, 0.3) is 0 Å². The number of carbonyl (C=O) groups excluding carboxylic acids is 11. The molecule has 0 radical (unpaired) electrons. The first-order valence-corrected chi connectivity index (χ1v) is 32.0. The number of benzene rings is 2. The van der Waals surface area contributed by atoms with E-state index in [1.165, 1.54) is 37.4 Å². The Balaban J connectivity index is 1.84. The minimum Gasteiger partial charge on any atom is -0.480 e. The van der Waals surface area contributed by atoms with Gasteiger partial charge in [0.1, 0.15) is 60.4 Å². The number of nitrogens with zero attached hydrogens (tertiary/aromatic N) is 2. The molecule has 2 aromatic carbocycles. The molecule has 1 heterocycles. The van der Waals surface area contributed by atoms with Gasteiger partial charge in [-0.3, -0.25) is 62.5 Å². The number of thioether (sulfide) groups is 2. The van der Waals surface area contributed by atoms with Crippen LogP contribution in [0.25, 0.3) is 0 Å². The fourth-order valence-corrected chi connectivity index (χ4v) is 10.2. The van der Waals surface area contributed by atoms with Crippen LogP contribution in [0.4, 0.5) is 0 Å².